The van der Waals surface area contributed by atoms with Gasteiger partial charge in [-0.1, -0.05) is 12.1 Å². The van der Waals surface area contributed by atoms with Gasteiger partial charge in [-0.2, -0.15) is 0 Å². The number of halogens is 1. The Morgan fingerprint density at radius 2 is 2.00 bits per heavy atom. The van der Waals surface area contributed by atoms with Crippen molar-refractivity contribution in [3.63, 3.8) is 0 Å². The highest BCUT2D eigenvalue weighted by molar-refractivity contribution is 5.44. The predicted octanol–water partition coefficient (Wildman–Crippen LogP) is 3.31. The quantitative estimate of drug-likeness (QED) is 0.882. The summed E-state index contributed by atoms with van der Waals surface area (Å²) in [6.45, 7) is 2.33. The molecule has 0 aliphatic carbocycles. The summed E-state index contributed by atoms with van der Waals surface area (Å²) in [4.78, 5) is 0. The first kappa shape index (κ1) is 16.6. The summed E-state index contributed by atoms with van der Waals surface area (Å²) in [5.74, 6) is 1.50. The normalized spacial score (nSPS) is 20.6. The molecule has 5 heteroatoms. The Labute approximate surface area is 141 Å². The van der Waals surface area contributed by atoms with E-state index >= 15 is 0 Å². The van der Waals surface area contributed by atoms with Gasteiger partial charge in [-0.25, -0.2) is 4.39 Å². The first-order chi connectivity index (χ1) is 11.7. The van der Waals surface area contributed by atoms with Crippen molar-refractivity contribution in [2.75, 3.05) is 26.8 Å². The van der Waals surface area contributed by atoms with Crippen LogP contribution in [-0.2, 0) is 0 Å². The van der Waals surface area contributed by atoms with Gasteiger partial charge >= 0.3 is 0 Å². The Balaban J connectivity index is 1.68. The largest absolute Gasteiger partial charge is 0.504 e. The Morgan fingerprint density at radius 1 is 1.21 bits per heavy atom. The van der Waals surface area contributed by atoms with Crippen LogP contribution in [0.4, 0.5) is 4.39 Å². The topological polar surface area (TPSA) is 50.7 Å². The lowest BCUT2D eigenvalue weighted by molar-refractivity contribution is 0.196. The van der Waals surface area contributed by atoms with Gasteiger partial charge in [-0.15, -0.1) is 0 Å². The molecule has 0 aromatic heterocycles. The number of hydrogen-bond donors (Lipinski definition) is 2. The van der Waals surface area contributed by atoms with Crippen molar-refractivity contribution in [1.82, 2.24) is 5.32 Å². The molecule has 128 valence electrons. The molecule has 1 fully saturated rings. The highest BCUT2D eigenvalue weighted by Gasteiger charge is 2.27. The van der Waals surface area contributed by atoms with E-state index in [0.29, 0.717) is 24.0 Å². The molecule has 0 spiro atoms. The van der Waals surface area contributed by atoms with Crippen molar-refractivity contribution < 1.29 is 19.0 Å². The molecule has 1 aliphatic rings. The summed E-state index contributed by atoms with van der Waals surface area (Å²) < 4.78 is 24.1. The number of nitrogens with one attached hydrogen (secondary N) is 1. The van der Waals surface area contributed by atoms with Crippen LogP contribution in [0, 0.1) is 11.7 Å². The summed E-state index contributed by atoms with van der Waals surface area (Å²) in [5, 5.41) is 13.2. The number of methoxy groups -OCH3 is 1. The molecule has 3 rings (SSSR count). The minimum Gasteiger partial charge on any atom is -0.504 e. The van der Waals surface area contributed by atoms with Gasteiger partial charge in [0.1, 0.15) is 11.6 Å². The van der Waals surface area contributed by atoms with E-state index in [4.69, 9.17) is 9.47 Å². The van der Waals surface area contributed by atoms with E-state index in [1.165, 1.54) is 19.2 Å². The maximum Gasteiger partial charge on any atom is 0.161 e. The van der Waals surface area contributed by atoms with Crippen LogP contribution in [0.2, 0.25) is 0 Å². The van der Waals surface area contributed by atoms with E-state index in [0.717, 1.165) is 25.1 Å². The fraction of sp³-hybridized carbons (Fsp3) is 0.368. The number of rotatable bonds is 5. The number of phenolic OH excluding ortho intramolecular Hbond substituents is 1. The van der Waals surface area contributed by atoms with Crippen molar-refractivity contribution in [2.45, 2.75) is 12.3 Å². The van der Waals surface area contributed by atoms with Gasteiger partial charge < -0.3 is 19.9 Å². The third kappa shape index (κ3) is 3.79. The van der Waals surface area contributed by atoms with Gasteiger partial charge in [0, 0.05) is 18.5 Å². The van der Waals surface area contributed by atoms with E-state index in [1.807, 2.05) is 12.1 Å². The van der Waals surface area contributed by atoms with Gasteiger partial charge in [0.05, 0.1) is 13.7 Å². The van der Waals surface area contributed by atoms with Gasteiger partial charge in [-0.3, -0.25) is 0 Å². The van der Waals surface area contributed by atoms with E-state index in [9.17, 15) is 9.50 Å². The third-order valence-corrected chi connectivity index (χ3v) is 4.52. The summed E-state index contributed by atoms with van der Waals surface area (Å²) in [6.07, 6.45) is 0.994. The second-order valence-electron chi connectivity index (χ2n) is 6.06. The number of benzene rings is 2. The molecular weight excluding hydrogens is 309 g/mol. The molecule has 2 aromatic rings. The molecule has 1 saturated heterocycles. The fourth-order valence-electron chi connectivity index (χ4n) is 3.21. The van der Waals surface area contributed by atoms with Crippen LogP contribution in [0.15, 0.2) is 42.5 Å². The van der Waals surface area contributed by atoms with E-state index in [1.54, 1.807) is 18.2 Å². The second-order valence-corrected chi connectivity index (χ2v) is 6.06. The minimum absolute atomic E-state index is 0.0619. The number of piperidine rings is 1. The first-order valence-corrected chi connectivity index (χ1v) is 8.13. The molecule has 2 atom stereocenters. The molecule has 1 aliphatic heterocycles. The van der Waals surface area contributed by atoms with Gasteiger partial charge in [0.2, 0.25) is 0 Å². The molecule has 0 radical (unpaired) electrons. The maximum atomic E-state index is 13.1. The fourth-order valence-corrected chi connectivity index (χ4v) is 3.21. The lowest BCUT2D eigenvalue weighted by atomic mass is 9.81. The summed E-state index contributed by atoms with van der Waals surface area (Å²) in [5.41, 5.74) is 1.14. The second kappa shape index (κ2) is 7.53. The molecular formula is C19H22FNO3. The Kier molecular flexibility index (Phi) is 5.20. The monoisotopic (exact) mass is 331 g/mol. The zero-order valence-corrected chi connectivity index (χ0v) is 13.7. The van der Waals surface area contributed by atoms with Crippen molar-refractivity contribution >= 4 is 0 Å². The first-order valence-electron chi connectivity index (χ1n) is 8.13. The summed E-state index contributed by atoms with van der Waals surface area (Å²) in [7, 11) is 1.51. The Morgan fingerprint density at radius 3 is 2.71 bits per heavy atom. The van der Waals surface area contributed by atoms with Crippen LogP contribution in [-0.4, -0.2) is 31.9 Å². The van der Waals surface area contributed by atoms with Crippen molar-refractivity contribution in [3.05, 3.63) is 53.8 Å². The lowest BCUT2D eigenvalue weighted by Crippen LogP contribution is -2.38. The maximum absolute atomic E-state index is 13.1. The number of phenols is 1. The molecule has 4 nitrogen and oxygen atoms in total. The van der Waals surface area contributed by atoms with Crippen molar-refractivity contribution in [3.8, 4) is 17.2 Å². The van der Waals surface area contributed by atoms with Crippen LogP contribution in [0.25, 0.3) is 0 Å². The van der Waals surface area contributed by atoms with E-state index in [2.05, 4.69) is 5.32 Å². The number of hydrogen-bond acceptors (Lipinski definition) is 4. The zero-order valence-electron chi connectivity index (χ0n) is 13.7. The highest BCUT2D eigenvalue weighted by Crippen LogP contribution is 2.33. The highest BCUT2D eigenvalue weighted by atomic mass is 19.1. The summed E-state index contributed by atoms with van der Waals surface area (Å²) in [6, 6.07) is 11.8. The van der Waals surface area contributed by atoms with Crippen molar-refractivity contribution in [2.24, 2.45) is 5.92 Å². The van der Waals surface area contributed by atoms with Crippen LogP contribution in [0.1, 0.15) is 17.9 Å². The minimum atomic E-state index is -0.214. The molecule has 0 unspecified atom stereocenters. The SMILES string of the molecule is COc1ccc(OC[C@H]2CNCC[C@@H]2c2ccc(F)cc2)cc1O. The number of aromatic hydroxyl groups is 1. The van der Waals surface area contributed by atoms with Gasteiger partial charge in [0.25, 0.3) is 0 Å². The van der Waals surface area contributed by atoms with E-state index in [-0.39, 0.29) is 17.5 Å². The molecule has 2 N–H and O–H groups in total. The average Bonchev–Trinajstić information content (AvgIpc) is 2.61. The van der Waals surface area contributed by atoms with Crippen LogP contribution in [0.3, 0.4) is 0 Å². The zero-order chi connectivity index (χ0) is 16.9. The summed E-state index contributed by atoms with van der Waals surface area (Å²) >= 11 is 0. The van der Waals surface area contributed by atoms with Crippen LogP contribution < -0.4 is 14.8 Å². The lowest BCUT2D eigenvalue weighted by Gasteiger charge is -2.32. The average molecular weight is 331 g/mol. The molecule has 0 amide bonds. The Hall–Kier alpha value is -2.27. The van der Waals surface area contributed by atoms with E-state index < -0.39 is 0 Å². The smallest absolute Gasteiger partial charge is 0.161 e. The van der Waals surface area contributed by atoms with Gasteiger partial charge in [-0.05, 0) is 48.7 Å². The van der Waals surface area contributed by atoms with Crippen LogP contribution >= 0.6 is 0 Å². The van der Waals surface area contributed by atoms with Crippen molar-refractivity contribution in [1.29, 1.82) is 0 Å². The third-order valence-electron chi connectivity index (χ3n) is 4.52. The predicted molar refractivity (Wildman–Crippen MR) is 90.3 cm³/mol. The molecule has 24 heavy (non-hydrogen) atoms. The Bertz CT molecular complexity index is 675. The number of ether oxygens (including phenoxy) is 2. The van der Waals surface area contributed by atoms with Gasteiger partial charge in [0.15, 0.2) is 11.5 Å². The molecule has 0 bridgehead atoms. The standard InChI is InChI=1S/C19H22FNO3/c1-23-19-7-6-16(10-18(19)22)24-12-14-11-21-9-8-17(14)13-2-4-15(20)5-3-13/h2-7,10,14,17,21-22H,8-9,11-12H2,1H3/t14-,17-/m1/s1. The molecule has 2 aromatic carbocycles. The molecule has 1 heterocycles. The molecule has 0 saturated carbocycles. The van der Waals surface area contributed by atoms with Crippen LogP contribution in [0.5, 0.6) is 17.2 Å².